The molecule has 8 heteroatoms. The molecule has 0 spiro atoms. The van der Waals surface area contributed by atoms with Crippen LogP contribution in [0.3, 0.4) is 0 Å². The fourth-order valence-corrected chi connectivity index (χ4v) is 4.34. The van der Waals surface area contributed by atoms with Gasteiger partial charge in [-0.3, -0.25) is 0 Å². The number of hydrogen-bond acceptors (Lipinski definition) is 4. The Kier molecular flexibility index (Phi) is 4.24. The van der Waals surface area contributed by atoms with Gasteiger partial charge >= 0.3 is 0 Å². The third-order valence-electron chi connectivity index (χ3n) is 3.54. The van der Waals surface area contributed by atoms with Crippen molar-refractivity contribution in [2.75, 3.05) is 12.3 Å². The summed E-state index contributed by atoms with van der Waals surface area (Å²) in [4.78, 5) is -0.595. The van der Waals surface area contributed by atoms with Crippen LogP contribution in [0.2, 0.25) is 5.02 Å². The first-order chi connectivity index (χ1) is 9.30. The van der Waals surface area contributed by atoms with E-state index in [1.165, 1.54) is 0 Å². The van der Waals surface area contributed by atoms with Crippen LogP contribution in [-0.4, -0.2) is 25.7 Å². The summed E-state index contributed by atoms with van der Waals surface area (Å²) in [5.41, 5.74) is 4.13. The molecule has 0 saturated heterocycles. The Morgan fingerprint density at radius 3 is 2.55 bits per heavy atom. The fraction of sp³-hybridized carbons (Fsp3) is 0.500. The number of nitrogens with two attached hydrogens (primary N) is 1. The first-order valence-corrected chi connectivity index (χ1v) is 8.05. The molecule has 0 aliphatic heterocycles. The number of halogens is 2. The predicted molar refractivity (Wildman–Crippen MR) is 74.4 cm³/mol. The number of anilines is 1. The summed E-state index contributed by atoms with van der Waals surface area (Å²) in [6.45, 7) is -0.329. The summed E-state index contributed by atoms with van der Waals surface area (Å²) in [5.74, 6) is -1.03. The van der Waals surface area contributed by atoms with Gasteiger partial charge in [0.15, 0.2) is 5.82 Å². The van der Waals surface area contributed by atoms with Gasteiger partial charge in [-0.15, -0.1) is 0 Å². The lowest BCUT2D eigenvalue weighted by molar-refractivity contribution is 0.185. The number of nitrogens with one attached hydrogen (secondary N) is 1. The SMILES string of the molecule is Nc1cc(Cl)cc(S(=O)(=O)NC2(CO)CCCC2)c1F. The molecule has 0 unspecified atom stereocenters. The van der Waals surface area contributed by atoms with Crippen molar-refractivity contribution in [2.45, 2.75) is 36.1 Å². The second-order valence-electron chi connectivity index (χ2n) is 5.06. The van der Waals surface area contributed by atoms with Crippen molar-refractivity contribution in [3.63, 3.8) is 0 Å². The van der Waals surface area contributed by atoms with Crippen LogP contribution in [0.1, 0.15) is 25.7 Å². The minimum absolute atomic E-state index is 0.0359. The van der Waals surface area contributed by atoms with Crippen LogP contribution in [0, 0.1) is 5.82 Å². The van der Waals surface area contributed by atoms with E-state index in [-0.39, 0.29) is 17.3 Å². The Morgan fingerprint density at radius 1 is 1.40 bits per heavy atom. The van der Waals surface area contributed by atoms with Crippen LogP contribution in [0.25, 0.3) is 0 Å². The molecule has 5 nitrogen and oxygen atoms in total. The van der Waals surface area contributed by atoms with Gasteiger partial charge in [0.25, 0.3) is 0 Å². The lowest BCUT2D eigenvalue weighted by Crippen LogP contribution is -2.49. The number of benzene rings is 1. The first kappa shape index (κ1) is 15.5. The second-order valence-corrected chi connectivity index (χ2v) is 7.15. The third kappa shape index (κ3) is 2.90. The Hall–Kier alpha value is -0.890. The Balaban J connectivity index is 2.41. The molecule has 4 N–H and O–H groups in total. The lowest BCUT2D eigenvalue weighted by atomic mass is 10.0. The molecule has 1 aliphatic carbocycles. The highest BCUT2D eigenvalue weighted by Crippen LogP contribution is 2.32. The summed E-state index contributed by atoms with van der Waals surface area (Å²) in [7, 11) is -4.14. The molecule has 0 atom stereocenters. The summed E-state index contributed by atoms with van der Waals surface area (Å²) in [5, 5.41) is 9.47. The Labute approximate surface area is 122 Å². The molecule has 1 aliphatic rings. The molecule has 2 rings (SSSR count). The van der Waals surface area contributed by atoms with Crippen LogP contribution in [0.15, 0.2) is 17.0 Å². The highest BCUT2D eigenvalue weighted by molar-refractivity contribution is 7.89. The molecule has 1 fully saturated rings. The zero-order valence-corrected chi connectivity index (χ0v) is 12.3. The van der Waals surface area contributed by atoms with Gasteiger partial charge in [0, 0.05) is 5.02 Å². The van der Waals surface area contributed by atoms with Crippen LogP contribution in [0.4, 0.5) is 10.1 Å². The highest BCUT2D eigenvalue weighted by Gasteiger charge is 2.38. The van der Waals surface area contributed by atoms with E-state index >= 15 is 0 Å². The number of sulfonamides is 1. The zero-order chi connectivity index (χ0) is 15.0. The monoisotopic (exact) mass is 322 g/mol. The zero-order valence-electron chi connectivity index (χ0n) is 10.7. The maximum Gasteiger partial charge on any atom is 0.244 e. The minimum Gasteiger partial charge on any atom is -0.396 e. The van der Waals surface area contributed by atoms with E-state index in [0.29, 0.717) is 12.8 Å². The molecule has 1 aromatic carbocycles. The smallest absolute Gasteiger partial charge is 0.244 e. The summed E-state index contributed by atoms with van der Waals surface area (Å²) >= 11 is 5.73. The van der Waals surface area contributed by atoms with E-state index in [9.17, 15) is 17.9 Å². The molecule has 1 saturated carbocycles. The van der Waals surface area contributed by atoms with E-state index in [1.54, 1.807) is 0 Å². The third-order valence-corrected chi connectivity index (χ3v) is 5.33. The lowest BCUT2D eigenvalue weighted by Gasteiger charge is -2.27. The number of aliphatic hydroxyl groups excluding tert-OH is 1. The standard InChI is InChI=1S/C12H16ClFN2O3S/c13-8-5-9(15)11(14)10(6-8)20(18,19)16-12(7-17)3-1-2-4-12/h5-6,16-17H,1-4,7,15H2. The van der Waals surface area contributed by atoms with Gasteiger partial charge in [-0.25, -0.2) is 17.5 Å². The highest BCUT2D eigenvalue weighted by atomic mass is 35.5. The molecule has 0 aromatic heterocycles. The van der Waals surface area contributed by atoms with Crippen molar-refractivity contribution in [1.29, 1.82) is 0 Å². The quantitative estimate of drug-likeness (QED) is 0.735. The van der Waals surface area contributed by atoms with E-state index in [4.69, 9.17) is 17.3 Å². The normalized spacial score (nSPS) is 18.4. The van der Waals surface area contributed by atoms with Crippen molar-refractivity contribution >= 4 is 27.3 Å². The molecule has 1 aromatic rings. The second kappa shape index (κ2) is 5.48. The summed E-state index contributed by atoms with van der Waals surface area (Å²) in [6.07, 6.45) is 2.65. The predicted octanol–water partition coefficient (Wildman–Crippen LogP) is 1.64. The molecular formula is C12H16ClFN2O3S. The average Bonchev–Trinajstić information content (AvgIpc) is 2.82. The number of hydrogen-bond donors (Lipinski definition) is 3. The van der Waals surface area contributed by atoms with Gasteiger partial charge < -0.3 is 10.8 Å². The van der Waals surface area contributed by atoms with Gasteiger partial charge in [-0.2, -0.15) is 0 Å². The average molecular weight is 323 g/mol. The molecule has 0 amide bonds. The van der Waals surface area contributed by atoms with Crippen LogP contribution < -0.4 is 10.5 Å². The van der Waals surface area contributed by atoms with Gasteiger partial charge in [0.05, 0.1) is 17.8 Å². The number of aliphatic hydroxyl groups is 1. The number of rotatable bonds is 4. The molecule has 0 heterocycles. The molecular weight excluding hydrogens is 307 g/mol. The van der Waals surface area contributed by atoms with Crippen LogP contribution >= 0.6 is 11.6 Å². The maximum atomic E-state index is 13.9. The van der Waals surface area contributed by atoms with Crippen LogP contribution in [0.5, 0.6) is 0 Å². The molecule has 0 radical (unpaired) electrons. The molecule has 20 heavy (non-hydrogen) atoms. The van der Waals surface area contributed by atoms with E-state index in [0.717, 1.165) is 25.0 Å². The van der Waals surface area contributed by atoms with Gasteiger partial charge in [0.1, 0.15) is 4.90 Å². The fourth-order valence-electron chi connectivity index (χ4n) is 2.46. The van der Waals surface area contributed by atoms with E-state index in [1.807, 2.05) is 0 Å². The topological polar surface area (TPSA) is 92.4 Å². The van der Waals surface area contributed by atoms with Crippen molar-refractivity contribution < 1.29 is 17.9 Å². The van der Waals surface area contributed by atoms with Crippen molar-refractivity contribution in [1.82, 2.24) is 4.72 Å². The minimum atomic E-state index is -4.14. The summed E-state index contributed by atoms with van der Waals surface area (Å²) in [6, 6.07) is 2.16. The molecule has 0 bridgehead atoms. The number of nitrogen functional groups attached to an aromatic ring is 1. The van der Waals surface area contributed by atoms with Crippen molar-refractivity contribution in [3.8, 4) is 0 Å². The summed E-state index contributed by atoms with van der Waals surface area (Å²) < 4.78 is 40.9. The van der Waals surface area contributed by atoms with E-state index < -0.39 is 26.3 Å². The Bertz CT molecular complexity index is 615. The van der Waals surface area contributed by atoms with Crippen molar-refractivity contribution in [3.05, 3.63) is 23.0 Å². The maximum absolute atomic E-state index is 13.9. The Morgan fingerprint density at radius 2 is 2.00 bits per heavy atom. The van der Waals surface area contributed by atoms with Gasteiger partial charge in [-0.1, -0.05) is 24.4 Å². The van der Waals surface area contributed by atoms with E-state index in [2.05, 4.69) is 4.72 Å². The van der Waals surface area contributed by atoms with Gasteiger partial charge in [0.2, 0.25) is 10.0 Å². The largest absolute Gasteiger partial charge is 0.396 e. The molecule has 112 valence electrons. The first-order valence-electron chi connectivity index (χ1n) is 6.19. The van der Waals surface area contributed by atoms with Gasteiger partial charge in [-0.05, 0) is 25.0 Å². The van der Waals surface area contributed by atoms with Crippen LogP contribution in [-0.2, 0) is 10.0 Å². The van der Waals surface area contributed by atoms with Crippen molar-refractivity contribution in [2.24, 2.45) is 0 Å².